The molecule has 150 valence electrons. The van der Waals surface area contributed by atoms with Crippen LogP contribution in [0.1, 0.15) is 36.0 Å². The van der Waals surface area contributed by atoms with E-state index in [0.29, 0.717) is 17.1 Å². The predicted molar refractivity (Wildman–Crippen MR) is 109 cm³/mol. The third kappa shape index (κ3) is 4.66. The fourth-order valence-electron chi connectivity index (χ4n) is 3.56. The Hall–Kier alpha value is -3.55. The van der Waals surface area contributed by atoms with Crippen LogP contribution < -0.4 is 21.3 Å². The molecular weight excluding hydrogens is 370 g/mol. The number of fused-ring (bicyclic) bond motifs is 1. The lowest BCUT2D eigenvalue weighted by Gasteiger charge is -2.26. The van der Waals surface area contributed by atoms with Crippen molar-refractivity contribution in [2.75, 3.05) is 0 Å². The van der Waals surface area contributed by atoms with Gasteiger partial charge in [-0.05, 0) is 55.3 Å². The summed E-state index contributed by atoms with van der Waals surface area (Å²) < 4.78 is 0. The first-order chi connectivity index (χ1) is 14.1. The van der Waals surface area contributed by atoms with Crippen LogP contribution in [0.25, 0.3) is 0 Å². The molecule has 29 heavy (non-hydrogen) atoms. The van der Waals surface area contributed by atoms with Crippen LogP contribution in [0, 0.1) is 0 Å². The number of rotatable bonds is 4. The maximum Gasteiger partial charge on any atom is 0.320 e. The molecule has 1 aromatic rings. The summed E-state index contributed by atoms with van der Waals surface area (Å²) in [4.78, 5) is 28.9. The van der Waals surface area contributed by atoms with Gasteiger partial charge in [-0.15, -0.1) is 0 Å². The van der Waals surface area contributed by atoms with Crippen molar-refractivity contribution in [2.24, 2.45) is 4.99 Å². The lowest BCUT2D eigenvalue weighted by molar-refractivity contribution is 0.0968. The number of nitrogens with one attached hydrogen (secondary N) is 4. The number of hydrogen-bond acceptors (Lipinski definition) is 5. The zero-order valence-corrected chi connectivity index (χ0v) is 15.8. The Labute approximate surface area is 168 Å². The first kappa shape index (κ1) is 18.8. The van der Waals surface area contributed by atoms with Crippen molar-refractivity contribution in [1.29, 1.82) is 0 Å². The van der Waals surface area contributed by atoms with Gasteiger partial charge < -0.3 is 21.1 Å². The molecule has 0 radical (unpaired) electrons. The average molecular weight is 393 g/mol. The summed E-state index contributed by atoms with van der Waals surface area (Å²) in [5.74, 6) is 0.382. The highest BCUT2D eigenvalue weighted by atomic mass is 16.3. The maximum atomic E-state index is 12.4. The Bertz CT molecular complexity index is 924. The minimum Gasteiger partial charge on any atom is -0.508 e. The van der Waals surface area contributed by atoms with Crippen LogP contribution in [0.4, 0.5) is 4.79 Å². The van der Waals surface area contributed by atoms with E-state index in [1.54, 1.807) is 24.4 Å². The molecule has 5 N–H and O–H groups in total. The summed E-state index contributed by atoms with van der Waals surface area (Å²) in [5, 5.41) is 21.2. The molecule has 0 bridgehead atoms. The summed E-state index contributed by atoms with van der Waals surface area (Å²) in [6, 6.07) is 5.76. The molecular formula is C21H23N5O3. The van der Waals surface area contributed by atoms with E-state index >= 15 is 0 Å². The first-order valence-electron chi connectivity index (χ1n) is 9.69. The summed E-state index contributed by atoms with van der Waals surface area (Å²) in [7, 11) is 0. The van der Waals surface area contributed by atoms with Crippen molar-refractivity contribution in [3.05, 3.63) is 65.3 Å². The fourth-order valence-corrected chi connectivity index (χ4v) is 3.56. The molecule has 8 nitrogen and oxygen atoms in total. The third-order valence-corrected chi connectivity index (χ3v) is 5.08. The maximum absolute atomic E-state index is 12.4. The van der Waals surface area contributed by atoms with Crippen LogP contribution in [0.3, 0.4) is 0 Å². The Morgan fingerprint density at radius 3 is 2.59 bits per heavy atom. The molecule has 8 heteroatoms. The standard InChI is InChI=1S/C21H23N5O3/c27-16-7-5-13(6-8-16)20(28)23-15-11-18-17(22-12-15)9-10-19(25-18)26-21(29)24-14-3-1-2-4-14/h5-12,14,18,25,27H,1-4H2,(H,23,28)(H2,24,26,29). The normalized spacial score (nSPS) is 20.6. The second kappa shape index (κ2) is 8.22. The summed E-state index contributed by atoms with van der Waals surface area (Å²) in [6.07, 6.45) is 11.4. The molecule has 1 atom stereocenters. The van der Waals surface area contributed by atoms with Gasteiger partial charge in [-0.25, -0.2) is 4.79 Å². The minimum atomic E-state index is -0.296. The van der Waals surface area contributed by atoms with Gasteiger partial charge in [0.05, 0.1) is 23.7 Å². The molecule has 0 aromatic heterocycles. The van der Waals surface area contributed by atoms with Gasteiger partial charge in [-0.3, -0.25) is 15.1 Å². The summed E-state index contributed by atoms with van der Waals surface area (Å²) in [6.45, 7) is 0. The Morgan fingerprint density at radius 2 is 1.83 bits per heavy atom. The molecule has 2 aliphatic heterocycles. The molecule has 3 amide bonds. The van der Waals surface area contributed by atoms with E-state index in [9.17, 15) is 14.7 Å². The van der Waals surface area contributed by atoms with Gasteiger partial charge >= 0.3 is 6.03 Å². The van der Waals surface area contributed by atoms with E-state index in [1.807, 2.05) is 12.2 Å². The van der Waals surface area contributed by atoms with E-state index in [0.717, 1.165) is 31.4 Å². The van der Waals surface area contributed by atoms with Crippen LogP contribution in [0.2, 0.25) is 0 Å². The SMILES string of the molecule is O=C(NC1=CC=C2N=CC(NC(=O)c3ccc(O)cc3)=CC2N1)NC1CCCC1. The number of benzene rings is 1. The van der Waals surface area contributed by atoms with Gasteiger partial charge in [0.25, 0.3) is 5.91 Å². The van der Waals surface area contributed by atoms with Crippen molar-refractivity contribution in [3.63, 3.8) is 0 Å². The number of aromatic hydroxyl groups is 1. The number of phenols is 1. The first-order valence-corrected chi connectivity index (χ1v) is 9.69. The minimum absolute atomic E-state index is 0.102. The van der Waals surface area contributed by atoms with E-state index < -0.39 is 0 Å². The van der Waals surface area contributed by atoms with Gasteiger partial charge in [-0.1, -0.05) is 12.8 Å². The van der Waals surface area contributed by atoms with Crippen molar-refractivity contribution >= 4 is 18.2 Å². The molecule has 4 rings (SSSR count). The third-order valence-electron chi connectivity index (χ3n) is 5.08. The monoisotopic (exact) mass is 393 g/mol. The number of carbonyl (C=O) groups is 2. The molecule has 3 aliphatic rings. The smallest absolute Gasteiger partial charge is 0.320 e. The highest BCUT2D eigenvalue weighted by Crippen LogP contribution is 2.19. The van der Waals surface area contributed by atoms with Crippen molar-refractivity contribution in [3.8, 4) is 5.75 Å². The van der Waals surface area contributed by atoms with Crippen LogP contribution >= 0.6 is 0 Å². The molecule has 1 unspecified atom stereocenters. The zero-order valence-electron chi connectivity index (χ0n) is 15.8. The highest BCUT2D eigenvalue weighted by Gasteiger charge is 2.22. The van der Waals surface area contributed by atoms with Crippen molar-refractivity contribution in [1.82, 2.24) is 21.3 Å². The van der Waals surface area contributed by atoms with E-state index in [1.165, 1.54) is 12.1 Å². The molecule has 0 spiro atoms. The second-order valence-electron chi connectivity index (χ2n) is 7.25. The van der Waals surface area contributed by atoms with Crippen LogP contribution in [-0.4, -0.2) is 35.3 Å². The lowest BCUT2D eigenvalue weighted by atomic mass is 10.1. The largest absolute Gasteiger partial charge is 0.508 e. The van der Waals surface area contributed by atoms with Crippen LogP contribution in [-0.2, 0) is 0 Å². The molecule has 0 saturated heterocycles. The topological polar surface area (TPSA) is 115 Å². The van der Waals surface area contributed by atoms with Crippen molar-refractivity contribution < 1.29 is 14.7 Å². The number of phenolic OH excluding ortho intramolecular Hbond substituents is 1. The van der Waals surface area contributed by atoms with E-state index in [4.69, 9.17) is 0 Å². The van der Waals surface area contributed by atoms with E-state index in [-0.39, 0.29) is 29.8 Å². The number of nitrogens with zero attached hydrogens (tertiary/aromatic N) is 1. The Balaban J connectivity index is 1.36. The molecule has 1 aromatic carbocycles. The van der Waals surface area contributed by atoms with Gasteiger partial charge in [0, 0.05) is 11.6 Å². The van der Waals surface area contributed by atoms with Gasteiger partial charge in [0.15, 0.2) is 0 Å². The fraction of sp³-hybridized carbons (Fsp3) is 0.286. The predicted octanol–water partition coefficient (Wildman–Crippen LogP) is 2.03. The highest BCUT2D eigenvalue weighted by molar-refractivity contribution is 5.99. The Kier molecular flexibility index (Phi) is 5.33. The van der Waals surface area contributed by atoms with Crippen LogP contribution in [0.5, 0.6) is 5.75 Å². The quantitative estimate of drug-likeness (QED) is 0.538. The number of aliphatic imine (C=N–C) groups is 1. The number of dihydropyridines is 2. The zero-order chi connectivity index (χ0) is 20.2. The van der Waals surface area contributed by atoms with Gasteiger partial charge in [-0.2, -0.15) is 0 Å². The molecule has 1 saturated carbocycles. The van der Waals surface area contributed by atoms with Crippen molar-refractivity contribution in [2.45, 2.75) is 37.8 Å². The average Bonchev–Trinajstić information content (AvgIpc) is 3.21. The number of carbonyl (C=O) groups excluding carboxylic acids is 2. The number of hydrogen-bond donors (Lipinski definition) is 5. The molecule has 2 heterocycles. The van der Waals surface area contributed by atoms with E-state index in [2.05, 4.69) is 26.3 Å². The molecule has 1 fully saturated rings. The van der Waals surface area contributed by atoms with Crippen LogP contribution in [0.15, 0.2) is 64.7 Å². The molecule has 1 aliphatic carbocycles. The second-order valence-corrected chi connectivity index (χ2v) is 7.25. The number of urea groups is 1. The summed E-state index contributed by atoms with van der Waals surface area (Å²) in [5.41, 5.74) is 1.77. The lowest BCUT2D eigenvalue weighted by Crippen LogP contribution is -2.46. The number of allylic oxidation sites excluding steroid dienone is 3. The number of amides is 3. The Morgan fingerprint density at radius 1 is 1.07 bits per heavy atom. The van der Waals surface area contributed by atoms with Gasteiger partial charge in [0.2, 0.25) is 0 Å². The summed E-state index contributed by atoms with van der Waals surface area (Å²) >= 11 is 0. The van der Waals surface area contributed by atoms with Gasteiger partial charge in [0.1, 0.15) is 11.6 Å².